The zero-order valence-corrected chi connectivity index (χ0v) is 17.7. The molecule has 4 aromatic rings. The standard InChI is InChI=1S/C21H17ClF2N6O2/c1-29-11-14(9-26-29)18-7-13(8-25-19(18)15-10-27-30(2)12-15)20(31)28-16-3-5-17(6-4-16)32-21(22,23)24/h3-12H,1-2H3,(H,28,31). The van der Waals surface area contributed by atoms with E-state index in [2.05, 4.69) is 25.2 Å². The Bertz CT molecular complexity index is 1260. The van der Waals surface area contributed by atoms with Gasteiger partial charge < -0.3 is 10.1 Å². The van der Waals surface area contributed by atoms with Crippen molar-refractivity contribution in [3.63, 3.8) is 0 Å². The van der Waals surface area contributed by atoms with Crippen molar-refractivity contribution in [3.8, 4) is 28.1 Å². The van der Waals surface area contributed by atoms with Gasteiger partial charge in [-0.3, -0.25) is 19.1 Å². The van der Waals surface area contributed by atoms with Crippen molar-refractivity contribution in [2.75, 3.05) is 5.32 Å². The minimum Gasteiger partial charge on any atom is -0.420 e. The number of amides is 1. The predicted molar refractivity (Wildman–Crippen MR) is 114 cm³/mol. The molecule has 4 rings (SSSR count). The van der Waals surface area contributed by atoms with Gasteiger partial charge in [-0.25, -0.2) is 0 Å². The smallest absolute Gasteiger partial charge is 0.420 e. The van der Waals surface area contributed by atoms with Crippen LogP contribution in [0.4, 0.5) is 14.5 Å². The van der Waals surface area contributed by atoms with E-state index >= 15 is 0 Å². The molecule has 0 spiro atoms. The summed E-state index contributed by atoms with van der Waals surface area (Å²) in [6, 6.07) is 7.12. The fraction of sp³-hybridized carbons (Fsp3) is 0.143. The SMILES string of the molecule is Cn1cc(-c2cc(C(=O)Nc3ccc(OC(F)(F)Cl)cc3)cnc2-c2cnn(C)c2)cn1. The number of alkyl halides is 3. The third-order valence-corrected chi connectivity index (χ3v) is 4.57. The number of pyridine rings is 1. The van der Waals surface area contributed by atoms with E-state index in [1.807, 2.05) is 12.4 Å². The Labute approximate surface area is 186 Å². The molecular weight excluding hydrogens is 442 g/mol. The van der Waals surface area contributed by atoms with Crippen LogP contribution in [0.5, 0.6) is 5.75 Å². The summed E-state index contributed by atoms with van der Waals surface area (Å²) in [6.07, 6.45) is 8.49. The highest BCUT2D eigenvalue weighted by atomic mass is 35.5. The van der Waals surface area contributed by atoms with Crippen LogP contribution in [-0.2, 0) is 14.1 Å². The van der Waals surface area contributed by atoms with Gasteiger partial charge in [-0.2, -0.15) is 10.2 Å². The van der Waals surface area contributed by atoms with Gasteiger partial charge in [0.25, 0.3) is 5.91 Å². The number of ether oxygens (including phenoxy) is 1. The number of nitrogens with one attached hydrogen (secondary N) is 1. The van der Waals surface area contributed by atoms with E-state index in [9.17, 15) is 13.6 Å². The summed E-state index contributed by atoms with van der Waals surface area (Å²) >= 11 is 4.75. The summed E-state index contributed by atoms with van der Waals surface area (Å²) in [7, 11) is 3.60. The number of hydrogen-bond donors (Lipinski definition) is 1. The number of aryl methyl sites for hydroxylation is 2. The predicted octanol–water partition coefficient (Wildman–Crippen LogP) is 4.30. The van der Waals surface area contributed by atoms with Crippen LogP contribution in [0.1, 0.15) is 10.4 Å². The van der Waals surface area contributed by atoms with Gasteiger partial charge in [-0.15, -0.1) is 8.78 Å². The number of carbonyl (C=O) groups is 1. The molecule has 8 nitrogen and oxygen atoms in total. The molecule has 0 radical (unpaired) electrons. The van der Waals surface area contributed by atoms with Crippen molar-refractivity contribution >= 4 is 23.2 Å². The Morgan fingerprint density at radius 2 is 1.66 bits per heavy atom. The number of hydrogen-bond acceptors (Lipinski definition) is 5. The van der Waals surface area contributed by atoms with Crippen molar-refractivity contribution in [1.82, 2.24) is 24.5 Å². The highest BCUT2D eigenvalue weighted by Crippen LogP contribution is 2.31. The fourth-order valence-electron chi connectivity index (χ4n) is 3.09. The van der Waals surface area contributed by atoms with Gasteiger partial charge in [0.2, 0.25) is 0 Å². The Hall–Kier alpha value is -3.79. The van der Waals surface area contributed by atoms with Gasteiger partial charge in [0.1, 0.15) is 5.75 Å². The third-order valence-electron chi connectivity index (χ3n) is 4.49. The van der Waals surface area contributed by atoms with Crippen LogP contribution in [-0.4, -0.2) is 36.0 Å². The molecule has 1 amide bonds. The molecule has 0 saturated heterocycles. The molecule has 0 aliphatic heterocycles. The quantitative estimate of drug-likeness (QED) is 0.435. The first-order chi connectivity index (χ1) is 15.2. The first-order valence-corrected chi connectivity index (χ1v) is 9.71. The summed E-state index contributed by atoms with van der Waals surface area (Å²) in [5.41, 5.74) is -0.154. The number of anilines is 1. The van der Waals surface area contributed by atoms with E-state index in [4.69, 9.17) is 11.6 Å². The maximum absolute atomic E-state index is 12.8. The molecule has 1 N–H and O–H groups in total. The summed E-state index contributed by atoms with van der Waals surface area (Å²) in [4.78, 5) is 17.3. The largest absolute Gasteiger partial charge is 0.487 e. The summed E-state index contributed by atoms with van der Waals surface area (Å²) in [5, 5.41) is 11.1. The Kier molecular flexibility index (Phi) is 5.62. The maximum Gasteiger partial charge on any atom is 0.487 e. The van der Waals surface area contributed by atoms with Crippen LogP contribution in [0.3, 0.4) is 0 Å². The zero-order chi connectivity index (χ0) is 22.9. The zero-order valence-electron chi connectivity index (χ0n) is 17.0. The minimum absolute atomic E-state index is 0.135. The van der Waals surface area contributed by atoms with Crippen LogP contribution in [0, 0.1) is 0 Å². The van der Waals surface area contributed by atoms with E-state index in [0.717, 1.165) is 11.1 Å². The average Bonchev–Trinajstić information content (AvgIpc) is 3.36. The molecule has 0 aliphatic rings. The molecule has 0 fully saturated rings. The Morgan fingerprint density at radius 3 is 2.22 bits per heavy atom. The number of carbonyl (C=O) groups excluding carboxylic acids is 1. The highest BCUT2D eigenvalue weighted by molar-refractivity contribution is 6.20. The molecule has 0 atom stereocenters. The first-order valence-electron chi connectivity index (χ1n) is 9.33. The molecule has 3 heterocycles. The average molecular weight is 459 g/mol. The van der Waals surface area contributed by atoms with Crippen molar-refractivity contribution in [2.45, 2.75) is 5.57 Å². The second kappa shape index (κ2) is 8.39. The lowest BCUT2D eigenvalue weighted by molar-refractivity contribution is -0.0964. The molecule has 3 aromatic heterocycles. The van der Waals surface area contributed by atoms with Crippen molar-refractivity contribution < 1.29 is 18.3 Å². The summed E-state index contributed by atoms with van der Waals surface area (Å²) in [5.74, 6) is -0.555. The molecule has 0 aliphatic carbocycles. The number of nitrogens with zero attached hydrogens (tertiary/aromatic N) is 5. The van der Waals surface area contributed by atoms with Gasteiger partial charge in [0.05, 0.1) is 23.7 Å². The second-order valence-electron chi connectivity index (χ2n) is 6.95. The van der Waals surface area contributed by atoms with E-state index in [1.54, 1.807) is 41.9 Å². The Morgan fingerprint density at radius 1 is 1.03 bits per heavy atom. The van der Waals surface area contributed by atoms with E-state index in [1.165, 1.54) is 30.5 Å². The van der Waals surface area contributed by atoms with Crippen LogP contribution < -0.4 is 10.1 Å². The maximum atomic E-state index is 12.8. The normalized spacial score (nSPS) is 11.4. The number of rotatable bonds is 6. The van der Waals surface area contributed by atoms with Gasteiger partial charge in [-0.05, 0) is 30.3 Å². The lowest BCUT2D eigenvalue weighted by atomic mass is 10.0. The van der Waals surface area contributed by atoms with E-state index in [0.29, 0.717) is 22.5 Å². The summed E-state index contributed by atoms with van der Waals surface area (Å²) in [6.45, 7) is 0. The molecule has 1 aromatic carbocycles. The molecule has 32 heavy (non-hydrogen) atoms. The van der Waals surface area contributed by atoms with Crippen molar-refractivity contribution in [2.24, 2.45) is 14.1 Å². The van der Waals surface area contributed by atoms with Gasteiger partial charge in [0, 0.05) is 66.7 Å². The van der Waals surface area contributed by atoms with Gasteiger partial charge in [-0.1, -0.05) is 0 Å². The molecular formula is C21H17ClF2N6O2. The van der Waals surface area contributed by atoms with Gasteiger partial charge >= 0.3 is 5.57 Å². The van der Waals surface area contributed by atoms with E-state index < -0.39 is 11.5 Å². The van der Waals surface area contributed by atoms with Crippen LogP contribution in [0.15, 0.2) is 61.3 Å². The third kappa shape index (κ3) is 4.92. The van der Waals surface area contributed by atoms with Crippen molar-refractivity contribution in [1.29, 1.82) is 0 Å². The second-order valence-corrected chi connectivity index (χ2v) is 7.39. The summed E-state index contributed by atoms with van der Waals surface area (Å²) < 4.78 is 33.0. The Balaban J connectivity index is 1.61. The first kappa shape index (κ1) is 21.4. The minimum atomic E-state index is -3.81. The van der Waals surface area contributed by atoms with Crippen LogP contribution >= 0.6 is 11.6 Å². The number of aromatic nitrogens is 5. The van der Waals surface area contributed by atoms with Crippen molar-refractivity contribution in [3.05, 3.63) is 66.9 Å². The monoisotopic (exact) mass is 458 g/mol. The molecule has 0 unspecified atom stereocenters. The van der Waals surface area contributed by atoms with Crippen LogP contribution in [0.25, 0.3) is 22.4 Å². The topological polar surface area (TPSA) is 86.9 Å². The molecule has 11 heteroatoms. The van der Waals surface area contributed by atoms with E-state index in [-0.39, 0.29) is 5.75 Å². The van der Waals surface area contributed by atoms with Crippen LogP contribution in [0.2, 0.25) is 0 Å². The van der Waals surface area contributed by atoms with Gasteiger partial charge in [0.15, 0.2) is 0 Å². The lowest BCUT2D eigenvalue weighted by Crippen LogP contribution is -2.16. The highest BCUT2D eigenvalue weighted by Gasteiger charge is 2.27. The number of benzene rings is 1. The number of halogens is 3. The molecule has 164 valence electrons. The lowest BCUT2D eigenvalue weighted by Gasteiger charge is -2.12. The molecule has 0 saturated carbocycles. The fourth-order valence-corrected chi connectivity index (χ4v) is 3.18. The molecule has 0 bridgehead atoms.